The van der Waals surface area contributed by atoms with E-state index in [2.05, 4.69) is 54.2 Å². The maximum atomic E-state index is 4.77. The van der Waals surface area contributed by atoms with Crippen LogP contribution in [-0.2, 0) is 0 Å². The molecule has 3 rings (SSSR count). The number of para-hydroxylation sites is 1. The van der Waals surface area contributed by atoms with E-state index in [0.717, 1.165) is 54.1 Å². The van der Waals surface area contributed by atoms with Gasteiger partial charge in [0.15, 0.2) is 0 Å². The number of hydrogen-bond donors (Lipinski definition) is 1. The van der Waals surface area contributed by atoms with Gasteiger partial charge >= 0.3 is 0 Å². The molecule has 1 atom stereocenters. The molecule has 2 heterocycles. The highest BCUT2D eigenvalue weighted by molar-refractivity contribution is 5.90. The van der Waals surface area contributed by atoms with E-state index >= 15 is 0 Å². The predicted octanol–water partition coefficient (Wildman–Crippen LogP) is 3.54. The summed E-state index contributed by atoms with van der Waals surface area (Å²) in [5, 5.41) is 4.40. The van der Waals surface area contributed by atoms with Crippen molar-refractivity contribution in [3.63, 3.8) is 0 Å². The monoisotopic (exact) mass is 284 g/mol. The van der Waals surface area contributed by atoms with Crippen LogP contribution >= 0.6 is 0 Å². The van der Waals surface area contributed by atoms with Gasteiger partial charge in [-0.05, 0) is 37.3 Å². The molecule has 1 aliphatic heterocycles. The Morgan fingerprint density at radius 1 is 1.29 bits per heavy atom. The molecule has 0 amide bonds. The summed E-state index contributed by atoms with van der Waals surface area (Å²) in [5.74, 6) is 3.32. The van der Waals surface area contributed by atoms with Gasteiger partial charge in [-0.25, -0.2) is 4.98 Å². The Morgan fingerprint density at radius 2 is 2.10 bits per heavy atom. The quantitative estimate of drug-likeness (QED) is 0.932. The summed E-state index contributed by atoms with van der Waals surface area (Å²) in [7, 11) is 0. The molecule has 0 saturated carbocycles. The number of nitrogens with one attached hydrogen (secondary N) is 1. The van der Waals surface area contributed by atoms with Crippen LogP contribution in [0.3, 0.4) is 0 Å². The van der Waals surface area contributed by atoms with Crippen molar-refractivity contribution < 1.29 is 0 Å². The molecule has 1 N–H and O–H groups in total. The van der Waals surface area contributed by atoms with Gasteiger partial charge in [0.2, 0.25) is 5.95 Å². The number of rotatable bonds is 4. The molecule has 112 valence electrons. The Kier molecular flexibility index (Phi) is 3.95. The van der Waals surface area contributed by atoms with Crippen LogP contribution < -0.4 is 10.2 Å². The van der Waals surface area contributed by atoms with Gasteiger partial charge in [0.1, 0.15) is 5.82 Å². The summed E-state index contributed by atoms with van der Waals surface area (Å²) in [6.45, 7) is 9.74. The summed E-state index contributed by atoms with van der Waals surface area (Å²) >= 11 is 0. The fraction of sp³-hybridized carbons (Fsp3) is 0.529. The fourth-order valence-corrected chi connectivity index (χ4v) is 3.06. The lowest BCUT2D eigenvalue weighted by molar-refractivity contribution is 0.422. The van der Waals surface area contributed by atoms with Crippen LogP contribution in [0.5, 0.6) is 0 Å². The largest absolute Gasteiger partial charge is 0.356 e. The summed E-state index contributed by atoms with van der Waals surface area (Å²) in [4.78, 5) is 11.8. The van der Waals surface area contributed by atoms with Gasteiger partial charge in [0.25, 0.3) is 0 Å². The minimum Gasteiger partial charge on any atom is -0.356 e. The molecule has 1 aromatic heterocycles. The van der Waals surface area contributed by atoms with E-state index in [1.165, 1.54) is 6.42 Å². The van der Waals surface area contributed by atoms with Crippen LogP contribution in [-0.4, -0.2) is 29.6 Å². The summed E-state index contributed by atoms with van der Waals surface area (Å²) in [6.07, 6.45) is 1.26. The van der Waals surface area contributed by atoms with Gasteiger partial charge in [-0.1, -0.05) is 26.0 Å². The minimum atomic E-state index is 0.733. The van der Waals surface area contributed by atoms with Gasteiger partial charge < -0.3 is 10.2 Å². The van der Waals surface area contributed by atoms with Crippen LogP contribution in [0.4, 0.5) is 11.8 Å². The molecule has 0 spiro atoms. The molecule has 2 aromatic rings. The zero-order chi connectivity index (χ0) is 14.8. The lowest BCUT2D eigenvalue weighted by Gasteiger charge is -2.21. The smallest absolute Gasteiger partial charge is 0.225 e. The van der Waals surface area contributed by atoms with Crippen molar-refractivity contribution in [1.29, 1.82) is 0 Å². The van der Waals surface area contributed by atoms with E-state index in [-0.39, 0.29) is 0 Å². The van der Waals surface area contributed by atoms with Crippen LogP contribution in [0.15, 0.2) is 24.3 Å². The van der Waals surface area contributed by atoms with Crippen molar-refractivity contribution in [2.45, 2.75) is 27.2 Å². The first-order valence-corrected chi connectivity index (χ1v) is 7.94. The second kappa shape index (κ2) is 5.88. The topological polar surface area (TPSA) is 41.1 Å². The predicted molar refractivity (Wildman–Crippen MR) is 88.9 cm³/mol. The summed E-state index contributed by atoms with van der Waals surface area (Å²) in [6, 6.07) is 8.30. The molecular formula is C17H24N4. The van der Waals surface area contributed by atoms with Crippen molar-refractivity contribution in [3.05, 3.63) is 24.3 Å². The molecule has 1 unspecified atom stereocenters. The highest BCUT2D eigenvalue weighted by Gasteiger charge is 2.27. The number of nitrogens with zero attached hydrogens (tertiary/aromatic N) is 3. The molecule has 4 heteroatoms. The van der Waals surface area contributed by atoms with E-state index in [4.69, 9.17) is 4.98 Å². The number of fused-ring (bicyclic) bond motifs is 1. The lowest BCUT2D eigenvalue weighted by atomic mass is 9.95. The Labute approximate surface area is 126 Å². The van der Waals surface area contributed by atoms with Gasteiger partial charge in [-0.15, -0.1) is 0 Å². The number of aromatic nitrogens is 2. The lowest BCUT2D eigenvalue weighted by Crippen LogP contribution is -2.23. The van der Waals surface area contributed by atoms with E-state index in [9.17, 15) is 0 Å². The Bertz CT molecular complexity index is 623. The van der Waals surface area contributed by atoms with Crippen LogP contribution in [0.25, 0.3) is 10.9 Å². The van der Waals surface area contributed by atoms with Crippen molar-refractivity contribution in [1.82, 2.24) is 9.97 Å². The summed E-state index contributed by atoms with van der Waals surface area (Å²) in [5.41, 5.74) is 1.02. The summed E-state index contributed by atoms with van der Waals surface area (Å²) < 4.78 is 0. The Morgan fingerprint density at radius 3 is 2.81 bits per heavy atom. The molecule has 1 saturated heterocycles. The average molecular weight is 284 g/mol. The highest BCUT2D eigenvalue weighted by Crippen LogP contribution is 2.31. The first-order chi connectivity index (χ1) is 10.2. The molecule has 1 aliphatic rings. The molecule has 4 nitrogen and oxygen atoms in total. The minimum absolute atomic E-state index is 0.733. The van der Waals surface area contributed by atoms with Crippen molar-refractivity contribution in [2.75, 3.05) is 29.9 Å². The van der Waals surface area contributed by atoms with Crippen LogP contribution in [0.1, 0.15) is 27.2 Å². The van der Waals surface area contributed by atoms with Crippen molar-refractivity contribution >= 4 is 22.7 Å². The van der Waals surface area contributed by atoms with Gasteiger partial charge in [-0.2, -0.15) is 4.98 Å². The third-order valence-electron chi connectivity index (χ3n) is 4.39. The number of benzene rings is 1. The molecule has 0 bridgehead atoms. The van der Waals surface area contributed by atoms with Gasteiger partial charge in [-0.3, -0.25) is 0 Å². The Balaban J connectivity index is 2.00. The second-order valence-electron chi connectivity index (χ2n) is 6.16. The van der Waals surface area contributed by atoms with Gasteiger partial charge in [0.05, 0.1) is 5.52 Å². The molecular weight excluding hydrogens is 260 g/mol. The third-order valence-corrected chi connectivity index (χ3v) is 4.39. The zero-order valence-corrected chi connectivity index (χ0v) is 13.1. The highest BCUT2D eigenvalue weighted by atomic mass is 15.2. The fourth-order valence-electron chi connectivity index (χ4n) is 3.06. The van der Waals surface area contributed by atoms with Gasteiger partial charge in [0, 0.05) is 25.0 Å². The molecule has 0 radical (unpaired) electrons. The average Bonchev–Trinajstić information content (AvgIpc) is 2.96. The number of hydrogen-bond acceptors (Lipinski definition) is 4. The standard InChI is InChI=1S/C17H24N4/c1-4-18-17-19-15-8-6-5-7-14(15)16(20-17)21-10-9-13(11-21)12(2)3/h5-8,12-13H,4,9-11H2,1-3H3,(H,18,19,20). The van der Waals surface area contributed by atoms with E-state index in [1.807, 2.05) is 6.07 Å². The molecule has 1 fully saturated rings. The first kappa shape index (κ1) is 14.1. The molecule has 0 aliphatic carbocycles. The van der Waals surface area contributed by atoms with E-state index in [1.54, 1.807) is 0 Å². The normalized spacial score (nSPS) is 18.7. The number of anilines is 2. The van der Waals surface area contributed by atoms with Crippen molar-refractivity contribution in [3.8, 4) is 0 Å². The van der Waals surface area contributed by atoms with Crippen LogP contribution in [0, 0.1) is 11.8 Å². The van der Waals surface area contributed by atoms with E-state index < -0.39 is 0 Å². The molecule has 1 aromatic carbocycles. The third kappa shape index (κ3) is 2.80. The SMILES string of the molecule is CCNc1nc(N2CCC(C(C)C)C2)c2ccccc2n1. The second-order valence-corrected chi connectivity index (χ2v) is 6.16. The maximum absolute atomic E-state index is 4.77. The zero-order valence-electron chi connectivity index (χ0n) is 13.1. The Hall–Kier alpha value is -1.84. The van der Waals surface area contributed by atoms with Crippen LogP contribution in [0.2, 0.25) is 0 Å². The van der Waals surface area contributed by atoms with E-state index in [0.29, 0.717) is 0 Å². The first-order valence-electron chi connectivity index (χ1n) is 7.94. The van der Waals surface area contributed by atoms with Crippen molar-refractivity contribution in [2.24, 2.45) is 11.8 Å². The maximum Gasteiger partial charge on any atom is 0.225 e. The molecule has 21 heavy (non-hydrogen) atoms.